The molecule has 32 heavy (non-hydrogen) atoms. The van der Waals surface area contributed by atoms with Gasteiger partial charge in [-0.2, -0.15) is 0 Å². The first kappa shape index (κ1) is 19.3. The van der Waals surface area contributed by atoms with Crippen LogP contribution in [0, 0.1) is 5.82 Å². The SMILES string of the molecule is Fc1ccc(-n2cc(C3CCN(Cc4ccc5cc[nH]c5c4)CC3)c3c2=CNCN=3)cc1. The molecule has 0 bridgehead atoms. The van der Waals surface area contributed by atoms with Gasteiger partial charge in [0.2, 0.25) is 0 Å². The van der Waals surface area contributed by atoms with E-state index >= 15 is 0 Å². The summed E-state index contributed by atoms with van der Waals surface area (Å²) in [4.78, 5) is 10.7. The topological polar surface area (TPSA) is 48.4 Å². The van der Waals surface area contributed by atoms with Crippen molar-refractivity contribution in [3.63, 3.8) is 0 Å². The van der Waals surface area contributed by atoms with Crippen LogP contribution in [-0.2, 0) is 6.54 Å². The normalized spacial score (nSPS) is 16.9. The Bertz CT molecular complexity index is 1370. The van der Waals surface area contributed by atoms with E-state index in [4.69, 9.17) is 4.99 Å². The van der Waals surface area contributed by atoms with Gasteiger partial charge in [-0.25, -0.2) is 4.39 Å². The number of nitrogens with zero attached hydrogens (tertiary/aromatic N) is 3. The van der Waals surface area contributed by atoms with Crippen molar-refractivity contribution >= 4 is 17.1 Å². The first-order valence-corrected chi connectivity index (χ1v) is 11.3. The van der Waals surface area contributed by atoms with Gasteiger partial charge in [0, 0.05) is 36.3 Å². The summed E-state index contributed by atoms with van der Waals surface area (Å²) in [6.45, 7) is 3.74. The fourth-order valence-electron chi connectivity index (χ4n) is 5.08. The maximum atomic E-state index is 13.4. The maximum Gasteiger partial charge on any atom is 0.123 e. The number of halogens is 1. The van der Waals surface area contributed by atoms with E-state index in [2.05, 4.69) is 50.2 Å². The van der Waals surface area contributed by atoms with E-state index in [-0.39, 0.29) is 5.82 Å². The average Bonchev–Trinajstić information content (AvgIpc) is 3.45. The molecule has 0 amide bonds. The second kappa shape index (κ2) is 7.95. The summed E-state index contributed by atoms with van der Waals surface area (Å²) in [6, 6.07) is 15.5. The van der Waals surface area contributed by atoms with Crippen molar-refractivity contribution in [1.29, 1.82) is 0 Å². The Labute approximate surface area is 185 Å². The minimum Gasteiger partial charge on any atom is -0.370 e. The number of likely N-dealkylation sites (tertiary alicyclic amines) is 1. The van der Waals surface area contributed by atoms with Crippen LogP contribution in [0.5, 0.6) is 0 Å². The van der Waals surface area contributed by atoms with Gasteiger partial charge in [0.05, 0.1) is 10.7 Å². The molecule has 0 unspecified atom stereocenters. The van der Waals surface area contributed by atoms with Crippen LogP contribution in [0.2, 0.25) is 0 Å². The Hall–Kier alpha value is -3.38. The van der Waals surface area contributed by atoms with E-state index in [1.807, 2.05) is 24.5 Å². The summed E-state index contributed by atoms with van der Waals surface area (Å²) in [6.07, 6.45) is 8.48. The molecule has 0 spiro atoms. The zero-order chi connectivity index (χ0) is 21.5. The monoisotopic (exact) mass is 427 g/mol. The zero-order valence-electron chi connectivity index (χ0n) is 17.9. The van der Waals surface area contributed by atoms with Crippen molar-refractivity contribution in [3.05, 3.63) is 88.6 Å². The highest BCUT2D eigenvalue weighted by Crippen LogP contribution is 2.27. The lowest BCUT2D eigenvalue weighted by Crippen LogP contribution is -2.39. The summed E-state index contributed by atoms with van der Waals surface area (Å²) in [5, 5.41) is 6.63. The van der Waals surface area contributed by atoms with Crippen LogP contribution in [0.4, 0.5) is 4.39 Å². The van der Waals surface area contributed by atoms with E-state index < -0.39 is 0 Å². The van der Waals surface area contributed by atoms with Crippen LogP contribution in [0.25, 0.3) is 22.8 Å². The third-order valence-corrected chi connectivity index (χ3v) is 6.77. The standard InChI is InChI=1S/C26H26FN5/c27-21-3-5-22(6-4-21)32-16-23(26-25(32)14-28-17-30-26)19-8-11-31(12-9-19)15-18-1-2-20-7-10-29-24(20)13-18/h1-7,10,13-14,16,19,28-29H,8-9,11-12,15,17H2. The smallest absolute Gasteiger partial charge is 0.123 e. The Balaban J connectivity index is 1.22. The van der Waals surface area contributed by atoms with E-state index in [0.717, 1.165) is 48.9 Å². The van der Waals surface area contributed by atoms with Crippen LogP contribution < -0.4 is 16.0 Å². The van der Waals surface area contributed by atoms with Crippen molar-refractivity contribution in [2.75, 3.05) is 19.8 Å². The van der Waals surface area contributed by atoms with Gasteiger partial charge in [-0.05, 0) is 84.8 Å². The van der Waals surface area contributed by atoms with Gasteiger partial charge in [0.15, 0.2) is 0 Å². The van der Waals surface area contributed by atoms with Crippen LogP contribution >= 0.6 is 0 Å². The summed E-state index contributed by atoms with van der Waals surface area (Å²) in [7, 11) is 0. The lowest BCUT2D eigenvalue weighted by molar-refractivity contribution is 0.204. The molecule has 6 rings (SSSR count). The number of hydrogen-bond donors (Lipinski definition) is 2. The highest BCUT2D eigenvalue weighted by atomic mass is 19.1. The Morgan fingerprint density at radius 3 is 2.72 bits per heavy atom. The van der Waals surface area contributed by atoms with Crippen molar-refractivity contribution in [3.8, 4) is 5.69 Å². The Kier molecular flexibility index (Phi) is 4.80. The van der Waals surface area contributed by atoms with Crippen LogP contribution in [-0.4, -0.2) is 34.2 Å². The van der Waals surface area contributed by atoms with Crippen molar-refractivity contribution < 1.29 is 4.39 Å². The van der Waals surface area contributed by atoms with Gasteiger partial charge in [-0.1, -0.05) is 12.1 Å². The predicted octanol–water partition coefficient (Wildman–Crippen LogP) is 3.40. The Morgan fingerprint density at radius 1 is 1.03 bits per heavy atom. The van der Waals surface area contributed by atoms with Gasteiger partial charge < -0.3 is 14.9 Å². The molecule has 5 nitrogen and oxygen atoms in total. The molecule has 4 aromatic rings. The molecular formula is C26H26FN5. The maximum absolute atomic E-state index is 13.4. The number of piperidine rings is 1. The fourth-order valence-corrected chi connectivity index (χ4v) is 5.08. The fraction of sp³-hybridized carbons (Fsp3) is 0.269. The second-order valence-electron chi connectivity index (χ2n) is 8.78. The molecule has 4 heterocycles. The number of rotatable bonds is 4. The molecule has 0 radical (unpaired) electrons. The third kappa shape index (κ3) is 3.50. The van der Waals surface area contributed by atoms with E-state index in [9.17, 15) is 4.39 Å². The highest BCUT2D eigenvalue weighted by molar-refractivity contribution is 5.79. The minimum absolute atomic E-state index is 0.218. The third-order valence-electron chi connectivity index (χ3n) is 6.77. The van der Waals surface area contributed by atoms with E-state index in [1.165, 1.54) is 34.2 Å². The van der Waals surface area contributed by atoms with Crippen molar-refractivity contribution in [2.24, 2.45) is 4.99 Å². The van der Waals surface area contributed by atoms with Gasteiger partial charge in [0.25, 0.3) is 0 Å². The molecule has 6 heteroatoms. The molecule has 162 valence electrons. The number of hydrogen-bond acceptors (Lipinski definition) is 3. The van der Waals surface area contributed by atoms with Gasteiger partial charge in [-0.3, -0.25) is 9.89 Å². The predicted molar refractivity (Wildman–Crippen MR) is 125 cm³/mol. The van der Waals surface area contributed by atoms with Crippen molar-refractivity contribution in [2.45, 2.75) is 25.3 Å². The molecule has 0 saturated carbocycles. The molecule has 2 N–H and O–H groups in total. The van der Waals surface area contributed by atoms with Crippen LogP contribution in [0.3, 0.4) is 0 Å². The van der Waals surface area contributed by atoms with Crippen molar-refractivity contribution in [1.82, 2.24) is 19.8 Å². The number of nitrogens with one attached hydrogen (secondary N) is 2. The van der Waals surface area contributed by atoms with Gasteiger partial charge in [0.1, 0.15) is 12.5 Å². The highest BCUT2D eigenvalue weighted by Gasteiger charge is 2.24. The molecule has 2 aliphatic heterocycles. The number of aromatic amines is 1. The molecule has 1 fully saturated rings. The number of fused-ring (bicyclic) bond motifs is 2. The first-order chi connectivity index (χ1) is 15.7. The molecule has 2 aromatic carbocycles. The minimum atomic E-state index is -0.218. The zero-order valence-corrected chi connectivity index (χ0v) is 17.9. The summed E-state index contributed by atoms with van der Waals surface area (Å²) >= 11 is 0. The molecule has 0 aliphatic carbocycles. The van der Waals surface area contributed by atoms with E-state index in [0.29, 0.717) is 12.6 Å². The summed E-state index contributed by atoms with van der Waals surface area (Å²) in [5.74, 6) is 0.271. The summed E-state index contributed by atoms with van der Waals surface area (Å²) < 4.78 is 15.6. The second-order valence-corrected chi connectivity index (χ2v) is 8.78. The number of H-pyrrole nitrogens is 1. The van der Waals surface area contributed by atoms with Crippen LogP contribution in [0.1, 0.15) is 29.9 Å². The molecule has 0 atom stereocenters. The molecular weight excluding hydrogens is 401 g/mol. The van der Waals surface area contributed by atoms with E-state index in [1.54, 1.807) is 0 Å². The first-order valence-electron chi connectivity index (χ1n) is 11.3. The average molecular weight is 428 g/mol. The lowest BCUT2D eigenvalue weighted by Gasteiger charge is -2.31. The largest absolute Gasteiger partial charge is 0.370 e. The number of aromatic nitrogens is 2. The van der Waals surface area contributed by atoms with Gasteiger partial charge >= 0.3 is 0 Å². The lowest BCUT2D eigenvalue weighted by atomic mass is 9.90. The van der Waals surface area contributed by atoms with Crippen LogP contribution in [0.15, 0.2) is 65.9 Å². The quantitative estimate of drug-likeness (QED) is 0.525. The molecule has 1 saturated heterocycles. The van der Waals surface area contributed by atoms with Gasteiger partial charge in [-0.15, -0.1) is 0 Å². The summed E-state index contributed by atoms with van der Waals surface area (Å²) in [5.41, 5.74) is 4.84. The Morgan fingerprint density at radius 2 is 1.88 bits per heavy atom. The molecule has 2 aromatic heterocycles. The molecule has 2 aliphatic rings. The number of benzene rings is 2.